The fourth-order valence-electron chi connectivity index (χ4n) is 2.41. The standard InChI is InChI=1S/C17H20O3/c1-19-16-9-5-3-7-13(16)11-14(12-18)15-8-4-6-10-17(15)20-2/h3-10,14,18H,11-12H2,1-2H3. The highest BCUT2D eigenvalue weighted by Crippen LogP contribution is 2.31. The zero-order valence-electron chi connectivity index (χ0n) is 11.9. The molecule has 0 aliphatic heterocycles. The van der Waals surface area contributed by atoms with Gasteiger partial charge in [-0.25, -0.2) is 0 Å². The fraction of sp³-hybridized carbons (Fsp3) is 0.294. The van der Waals surface area contributed by atoms with E-state index in [1.54, 1.807) is 14.2 Å². The van der Waals surface area contributed by atoms with E-state index in [1.807, 2.05) is 48.5 Å². The van der Waals surface area contributed by atoms with Gasteiger partial charge < -0.3 is 14.6 Å². The summed E-state index contributed by atoms with van der Waals surface area (Å²) in [4.78, 5) is 0. The summed E-state index contributed by atoms with van der Waals surface area (Å²) in [5, 5.41) is 9.73. The minimum absolute atomic E-state index is 0.0116. The largest absolute Gasteiger partial charge is 0.496 e. The Labute approximate surface area is 119 Å². The lowest BCUT2D eigenvalue weighted by molar-refractivity contribution is 0.260. The molecule has 0 amide bonds. The van der Waals surface area contributed by atoms with E-state index >= 15 is 0 Å². The third-order valence-corrected chi connectivity index (χ3v) is 3.46. The zero-order chi connectivity index (χ0) is 14.4. The molecule has 3 heteroatoms. The van der Waals surface area contributed by atoms with Crippen molar-refractivity contribution < 1.29 is 14.6 Å². The van der Waals surface area contributed by atoms with Gasteiger partial charge in [-0.3, -0.25) is 0 Å². The Morgan fingerprint density at radius 2 is 1.50 bits per heavy atom. The molecule has 0 saturated heterocycles. The molecule has 2 rings (SSSR count). The van der Waals surface area contributed by atoms with Gasteiger partial charge in [0.1, 0.15) is 11.5 Å². The summed E-state index contributed by atoms with van der Waals surface area (Å²) in [5.41, 5.74) is 2.10. The van der Waals surface area contributed by atoms with Crippen molar-refractivity contribution in [1.82, 2.24) is 0 Å². The third kappa shape index (κ3) is 3.11. The maximum atomic E-state index is 9.73. The van der Waals surface area contributed by atoms with Crippen LogP contribution in [0.25, 0.3) is 0 Å². The summed E-state index contributed by atoms with van der Waals surface area (Å²) in [6, 6.07) is 15.7. The zero-order valence-corrected chi connectivity index (χ0v) is 11.9. The molecule has 1 unspecified atom stereocenters. The molecule has 0 aromatic heterocycles. The Morgan fingerprint density at radius 3 is 2.15 bits per heavy atom. The van der Waals surface area contributed by atoms with E-state index in [0.29, 0.717) is 6.42 Å². The molecular formula is C17H20O3. The second-order valence-electron chi connectivity index (χ2n) is 4.64. The average molecular weight is 272 g/mol. The molecule has 1 N–H and O–H groups in total. The Balaban J connectivity index is 2.29. The van der Waals surface area contributed by atoms with Gasteiger partial charge in [-0.15, -0.1) is 0 Å². The van der Waals surface area contributed by atoms with Gasteiger partial charge in [0.25, 0.3) is 0 Å². The van der Waals surface area contributed by atoms with Crippen LogP contribution in [0.15, 0.2) is 48.5 Å². The van der Waals surface area contributed by atoms with Gasteiger partial charge in [0, 0.05) is 5.92 Å². The van der Waals surface area contributed by atoms with Gasteiger partial charge >= 0.3 is 0 Å². The molecule has 1 atom stereocenters. The minimum atomic E-state index is -0.0116. The van der Waals surface area contributed by atoms with Gasteiger partial charge in [-0.05, 0) is 29.7 Å². The first-order chi connectivity index (χ1) is 9.80. The van der Waals surface area contributed by atoms with E-state index in [-0.39, 0.29) is 12.5 Å². The predicted octanol–water partition coefficient (Wildman–Crippen LogP) is 3.02. The molecular weight excluding hydrogens is 252 g/mol. The molecule has 106 valence electrons. The molecule has 0 bridgehead atoms. The fourth-order valence-corrected chi connectivity index (χ4v) is 2.41. The molecule has 0 aliphatic rings. The number of hydrogen-bond donors (Lipinski definition) is 1. The van der Waals surface area contributed by atoms with E-state index in [4.69, 9.17) is 9.47 Å². The predicted molar refractivity (Wildman–Crippen MR) is 79.5 cm³/mol. The lowest BCUT2D eigenvalue weighted by Crippen LogP contribution is -2.10. The van der Waals surface area contributed by atoms with Crippen molar-refractivity contribution in [2.75, 3.05) is 20.8 Å². The molecule has 20 heavy (non-hydrogen) atoms. The SMILES string of the molecule is COc1ccccc1CC(CO)c1ccccc1OC. The summed E-state index contributed by atoms with van der Waals surface area (Å²) in [5.74, 6) is 1.64. The topological polar surface area (TPSA) is 38.7 Å². The number of para-hydroxylation sites is 2. The number of methoxy groups -OCH3 is 2. The Morgan fingerprint density at radius 1 is 0.900 bits per heavy atom. The van der Waals surface area contributed by atoms with Crippen LogP contribution >= 0.6 is 0 Å². The van der Waals surface area contributed by atoms with Crippen LogP contribution in [0.1, 0.15) is 17.0 Å². The molecule has 0 saturated carbocycles. The molecule has 2 aromatic rings. The normalized spacial score (nSPS) is 11.9. The van der Waals surface area contributed by atoms with Crippen LogP contribution in [-0.2, 0) is 6.42 Å². The summed E-state index contributed by atoms with van der Waals surface area (Å²) in [6.07, 6.45) is 0.709. The molecule has 0 fully saturated rings. The molecule has 0 heterocycles. The number of aliphatic hydroxyl groups excluding tert-OH is 1. The monoisotopic (exact) mass is 272 g/mol. The minimum Gasteiger partial charge on any atom is -0.496 e. The van der Waals surface area contributed by atoms with E-state index in [1.165, 1.54) is 0 Å². The van der Waals surface area contributed by atoms with Crippen LogP contribution < -0.4 is 9.47 Å². The number of rotatable bonds is 6. The number of hydrogen-bond acceptors (Lipinski definition) is 3. The summed E-state index contributed by atoms with van der Waals surface area (Å²) in [6.45, 7) is 0.0679. The van der Waals surface area contributed by atoms with Gasteiger partial charge in [-0.1, -0.05) is 36.4 Å². The van der Waals surface area contributed by atoms with Gasteiger partial charge in [0.15, 0.2) is 0 Å². The van der Waals surface area contributed by atoms with E-state index in [0.717, 1.165) is 22.6 Å². The average Bonchev–Trinajstić information content (AvgIpc) is 2.53. The quantitative estimate of drug-likeness (QED) is 0.878. The van der Waals surface area contributed by atoms with Crippen molar-refractivity contribution in [3.63, 3.8) is 0 Å². The lowest BCUT2D eigenvalue weighted by atomic mass is 9.91. The summed E-state index contributed by atoms with van der Waals surface area (Å²) in [7, 11) is 3.31. The highest BCUT2D eigenvalue weighted by molar-refractivity contribution is 5.40. The maximum absolute atomic E-state index is 9.73. The lowest BCUT2D eigenvalue weighted by Gasteiger charge is -2.19. The molecule has 0 radical (unpaired) electrons. The van der Waals surface area contributed by atoms with Gasteiger partial charge in [-0.2, -0.15) is 0 Å². The third-order valence-electron chi connectivity index (χ3n) is 3.46. The molecule has 2 aromatic carbocycles. The Bertz CT molecular complexity index is 551. The second-order valence-corrected chi connectivity index (χ2v) is 4.64. The van der Waals surface area contributed by atoms with Crippen LogP contribution in [0.5, 0.6) is 11.5 Å². The highest BCUT2D eigenvalue weighted by Gasteiger charge is 2.17. The van der Waals surface area contributed by atoms with Crippen LogP contribution in [-0.4, -0.2) is 25.9 Å². The van der Waals surface area contributed by atoms with Crippen LogP contribution in [0.4, 0.5) is 0 Å². The first-order valence-corrected chi connectivity index (χ1v) is 6.65. The van der Waals surface area contributed by atoms with Crippen molar-refractivity contribution in [1.29, 1.82) is 0 Å². The van der Waals surface area contributed by atoms with Crippen LogP contribution in [0, 0.1) is 0 Å². The van der Waals surface area contributed by atoms with Crippen LogP contribution in [0.3, 0.4) is 0 Å². The highest BCUT2D eigenvalue weighted by atomic mass is 16.5. The van der Waals surface area contributed by atoms with E-state index < -0.39 is 0 Å². The summed E-state index contributed by atoms with van der Waals surface area (Å²) < 4.78 is 10.8. The van der Waals surface area contributed by atoms with Crippen molar-refractivity contribution in [3.8, 4) is 11.5 Å². The molecule has 0 spiro atoms. The number of aliphatic hydroxyl groups is 1. The van der Waals surface area contributed by atoms with Crippen molar-refractivity contribution in [2.45, 2.75) is 12.3 Å². The first kappa shape index (κ1) is 14.4. The maximum Gasteiger partial charge on any atom is 0.122 e. The van der Waals surface area contributed by atoms with Crippen molar-refractivity contribution >= 4 is 0 Å². The van der Waals surface area contributed by atoms with E-state index in [2.05, 4.69) is 0 Å². The van der Waals surface area contributed by atoms with Crippen molar-refractivity contribution in [2.24, 2.45) is 0 Å². The number of ether oxygens (including phenoxy) is 2. The van der Waals surface area contributed by atoms with Crippen molar-refractivity contribution in [3.05, 3.63) is 59.7 Å². The first-order valence-electron chi connectivity index (χ1n) is 6.65. The molecule has 3 nitrogen and oxygen atoms in total. The smallest absolute Gasteiger partial charge is 0.122 e. The summed E-state index contributed by atoms with van der Waals surface area (Å²) >= 11 is 0. The second kappa shape index (κ2) is 6.96. The van der Waals surface area contributed by atoms with Crippen LogP contribution in [0.2, 0.25) is 0 Å². The van der Waals surface area contributed by atoms with Gasteiger partial charge in [0.05, 0.1) is 20.8 Å². The Kier molecular flexibility index (Phi) is 5.02. The molecule has 0 aliphatic carbocycles. The van der Waals surface area contributed by atoms with E-state index in [9.17, 15) is 5.11 Å². The van der Waals surface area contributed by atoms with Gasteiger partial charge in [0.2, 0.25) is 0 Å². The Hall–Kier alpha value is -2.00. The number of benzene rings is 2.